The smallest absolute Gasteiger partial charge is 0.258 e. The van der Waals surface area contributed by atoms with Crippen molar-refractivity contribution in [2.45, 2.75) is 46.7 Å². The third-order valence-electron chi connectivity index (χ3n) is 3.02. The molecule has 2 N–H and O–H groups in total. The van der Waals surface area contributed by atoms with Crippen molar-refractivity contribution < 1.29 is 9.53 Å². The molecule has 0 aliphatic rings. The lowest BCUT2D eigenvalue weighted by Gasteiger charge is -2.16. The van der Waals surface area contributed by atoms with Crippen molar-refractivity contribution in [2.75, 3.05) is 13.2 Å². The topological polar surface area (TPSA) is 50.4 Å². The highest BCUT2D eigenvalue weighted by Crippen LogP contribution is 2.22. The second-order valence-corrected chi connectivity index (χ2v) is 5.32. The summed E-state index contributed by atoms with van der Waals surface area (Å²) >= 11 is 0. The molecule has 1 aromatic rings. The quantitative estimate of drug-likeness (QED) is 0.806. The largest absolute Gasteiger partial charge is 0.484 e. The minimum Gasteiger partial charge on any atom is -0.484 e. The van der Waals surface area contributed by atoms with Gasteiger partial charge in [-0.1, -0.05) is 19.1 Å². The number of hydrogen-bond donors (Lipinski definition) is 2. The molecule has 0 heterocycles. The lowest BCUT2D eigenvalue weighted by Crippen LogP contribution is -2.34. The molecule has 1 rings (SSSR count). The van der Waals surface area contributed by atoms with Crippen LogP contribution in [0.5, 0.6) is 5.75 Å². The van der Waals surface area contributed by atoms with E-state index in [1.54, 1.807) is 0 Å². The van der Waals surface area contributed by atoms with Crippen LogP contribution in [0.3, 0.4) is 0 Å². The fraction of sp³-hybridized carbons (Fsp3) is 0.562. The summed E-state index contributed by atoms with van der Waals surface area (Å²) in [6.07, 6.45) is 0. The van der Waals surface area contributed by atoms with E-state index in [0.717, 1.165) is 17.9 Å². The maximum Gasteiger partial charge on any atom is 0.258 e. The van der Waals surface area contributed by atoms with Crippen LogP contribution < -0.4 is 15.4 Å². The Labute approximate surface area is 121 Å². The first-order valence-electron chi connectivity index (χ1n) is 7.20. The van der Waals surface area contributed by atoms with Gasteiger partial charge in [-0.25, -0.2) is 0 Å². The van der Waals surface area contributed by atoms with Crippen LogP contribution in [0.1, 0.15) is 44.9 Å². The molecule has 0 aromatic heterocycles. The van der Waals surface area contributed by atoms with Gasteiger partial charge in [0.2, 0.25) is 0 Å². The van der Waals surface area contributed by atoms with Crippen LogP contribution in [0, 0.1) is 6.92 Å². The fourth-order valence-electron chi connectivity index (χ4n) is 2.03. The van der Waals surface area contributed by atoms with Crippen LogP contribution in [0.25, 0.3) is 0 Å². The van der Waals surface area contributed by atoms with E-state index in [0.29, 0.717) is 6.04 Å². The van der Waals surface area contributed by atoms with E-state index in [2.05, 4.69) is 30.5 Å². The summed E-state index contributed by atoms with van der Waals surface area (Å²) in [4.78, 5) is 11.6. The van der Waals surface area contributed by atoms with Crippen molar-refractivity contribution in [1.82, 2.24) is 10.6 Å². The number of rotatable bonds is 7. The maximum absolute atomic E-state index is 11.6. The first kappa shape index (κ1) is 16.5. The van der Waals surface area contributed by atoms with Gasteiger partial charge in [-0.2, -0.15) is 0 Å². The highest BCUT2D eigenvalue weighted by molar-refractivity contribution is 5.77. The van der Waals surface area contributed by atoms with Gasteiger partial charge in [0.25, 0.3) is 5.91 Å². The molecule has 0 radical (unpaired) electrons. The second kappa shape index (κ2) is 7.90. The molecule has 4 nitrogen and oxygen atoms in total. The van der Waals surface area contributed by atoms with E-state index in [1.807, 2.05) is 32.9 Å². The Morgan fingerprint density at radius 2 is 2.00 bits per heavy atom. The van der Waals surface area contributed by atoms with Crippen LogP contribution in [0.2, 0.25) is 0 Å². The standard InChI is InChI=1S/C16H26N2O2/c1-6-17-13(5)14-7-8-15(12(4)9-14)20-10-16(19)18-11(2)3/h7-9,11,13,17H,6,10H2,1-5H3,(H,18,19). The summed E-state index contributed by atoms with van der Waals surface area (Å²) in [6.45, 7) is 11.1. The fourth-order valence-corrected chi connectivity index (χ4v) is 2.03. The van der Waals surface area contributed by atoms with E-state index in [1.165, 1.54) is 5.56 Å². The molecule has 0 fully saturated rings. The molecular weight excluding hydrogens is 252 g/mol. The van der Waals surface area contributed by atoms with Gasteiger partial charge < -0.3 is 15.4 Å². The maximum atomic E-state index is 11.6. The molecule has 1 amide bonds. The highest BCUT2D eigenvalue weighted by atomic mass is 16.5. The van der Waals surface area contributed by atoms with Gasteiger partial charge >= 0.3 is 0 Å². The van der Waals surface area contributed by atoms with Gasteiger partial charge in [0.15, 0.2) is 6.61 Å². The van der Waals surface area contributed by atoms with Gasteiger partial charge in [0, 0.05) is 12.1 Å². The average molecular weight is 278 g/mol. The Bertz CT molecular complexity index is 444. The Morgan fingerprint density at radius 1 is 1.30 bits per heavy atom. The Kier molecular flexibility index (Phi) is 6.52. The average Bonchev–Trinajstić information content (AvgIpc) is 2.36. The number of carbonyl (C=O) groups is 1. The van der Waals surface area contributed by atoms with Crippen LogP contribution in [0.4, 0.5) is 0 Å². The van der Waals surface area contributed by atoms with Gasteiger partial charge in [0.1, 0.15) is 5.75 Å². The molecule has 1 aromatic carbocycles. The third kappa shape index (κ3) is 5.21. The Balaban J connectivity index is 2.62. The SMILES string of the molecule is CCNC(C)c1ccc(OCC(=O)NC(C)C)c(C)c1. The van der Waals surface area contributed by atoms with Crippen LogP contribution >= 0.6 is 0 Å². The number of hydrogen-bond acceptors (Lipinski definition) is 3. The number of ether oxygens (including phenoxy) is 1. The molecule has 0 saturated heterocycles. The van der Waals surface area contributed by atoms with Crippen LogP contribution in [-0.4, -0.2) is 25.1 Å². The third-order valence-corrected chi connectivity index (χ3v) is 3.02. The zero-order valence-corrected chi connectivity index (χ0v) is 13.1. The summed E-state index contributed by atoms with van der Waals surface area (Å²) in [5, 5.41) is 6.18. The van der Waals surface area contributed by atoms with Crippen molar-refractivity contribution >= 4 is 5.91 Å². The summed E-state index contributed by atoms with van der Waals surface area (Å²) in [5.74, 6) is 0.667. The van der Waals surface area contributed by atoms with Gasteiger partial charge in [-0.05, 0) is 51.4 Å². The molecule has 0 saturated carbocycles. The molecule has 112 valence electrons. The minimum absolute atomic E-state index is 0.0567. The molecule has 20 heavy (non-hydrogen) atoms. The first-order valence-corrected chi connectivity index (χ1v) is 7.20. The number of benzene rings is 1. The molecule has 4 heteroatoms. The number of aryl methyl sites for hydroxylation is 1. The zero-order valence-electron chi connectivity index (χ0n) is 13.1. The highest BCUT2D eigenvalue weighted by Gasteiger charge is 2.09. The monoisotopic (exact) mass is 278 g/mol. The molecule has 0 aliphatic heterocycles. The van der Waals surface area contributed by atoms with Crippen molar-refractivity contribution in [1.29, 1.82) is 0 Å². The second-order valence-electron chi connectivity index (χ2n) is 5.32. The summed E-state index contributed by atoms with van der Waals surface area (Å²) < 4.78 is 5.56. The number of carbonyl (C=O) groups excluding carboxylic acids is 1. The van der Waals surface area contributed by atoms with Crippen molar-refractivity contribution in [3.05, 3.63) is 29.3 Å². The minimum atomic E-state index is -0.0931. The molecule has 1 atom stereocenters. The van der Waals surface area contributed by atoms with Crippen molar-refractivity contribution in [2.24, 2.45) is 0 Å². The van der Waals surface area contributed by atoms with Gasteiger partial charge in [-0.3, -0.25) is 4.79 Å². The lowest BCUT2D eigenvalue weighted by molar-refractivity contribution is -0.123. The van der Waals surface area contributed by atoms with Gasteiger partial charge in [0.05, 0.1) is 0 Å². The van der Waals surface area contributed by atoms with E-state index in [9.17, 15) is 4.79 Å². The number of nitrogens with one attached hydrogen (secondary N) is 2. The normalized spacial score (nSPS) is 12.3. The van der Waals surface area contributed by atoms with E-state index in [-0.39, 0.29) is 18.6 Å². The lowest BCUT2D eigenvalue weighted by atomic mass is 10.1. The molecule has 1 unspecified atom stereocenters. The summed E-state index contributed by atoms with van der Waals surface area (Å²) in [6, 6.07) is 6.52. The van der Waals surface area contributed by atoms with Crippen molar-refractivity contribution in [3.8, 4) is 5.75 Å². The van der Waals surface area contributed by atoms with Crippen molar-refractivity contribution in [3.63, 3.8) is 0 Å². The van der Waals surface area contributed by atoms with E-state index >= 15 is 0 Å². The molecule has 0 bridgehead atoms. The predicted octanol–water partition coefficient (Wildman–Crippen LogP) is 2.57. The number of amides is 1. The van der Waals surface area contributed by atoms with Crippen LogP contribution in [-0.2, 0) is 4.79 Å². The Hall–Kier alpha value is -1.55. The van der Waals surface area contributed by atoms with Crippen LogP contribution in [0.15, 0.2) is 18.2 Å². The van der Waals surface area contributed by atoms with E-state index in [4.69, 9.17) is 4.74 Å². The summed E-state index contributed by atoms with van der Waals surface area (Å²) in [5.41, 5.74) is 2.27. The Morgan fingerprint density at radius 3 is 2.55 bits per heavy atom. The predicted molar refractivity (Wildman–Crippen MR) is 82.0 cm³/mol. The van der Waals surface area contributed by atoms with Gasteiger partial charge in [-0.15, -0.1) is 0 Å². The molecular formula is C16H26N2O2. The molecule has 0 aliphatic carbocycles. The molecule has 0 spiro atoms. The summed E-state index contributed by atoms with van der Waals surface area (Å²) in [7, 11) is 0. The van der Waals surface area contributed by atoms with E-state index < -0.39 is 0 Å². The first-order chi connectivity index (χ1) is 9.43. The zero-order chi connectivity index (χ0) is 15.1.